The number of carbonyl (C=O) groups excluding carboxylic acids is 2. The van der Waals surface area contributed by atoms with Crippen molar-refractivity contribution in [2.45, 2.75) is 70.0 Å². The van der Waals surface area contributed by atoms with E-state index in [1.165, 1.54) is 27.2 Å². The summed E-state index contributed by atoms with van der Waals surface area (Å²) in [4.78, 5) is 29.7. The van der Waals surface area contributed by atoms with E-state index in [0.717, 1.165) is 59.0 Å². The van der Waals surface area contributed by atoms with Crippen molar-refractivity contribution in [3.05, 3.63) is 89.1 Å². The van der Waals surface area contributed by atoms with E-state index in [4.69, 9.17) is 14.2 Å². The molecule has 1 aromatic heterocycles. The van der Waals surface area contributed by atoms with Crippen LogP contribution >= 0.6 is 0 Å². The van der Waals surface area contributed by atoms with Crippen LogP contribution in [0.5, 0.6) is 23.0 Å². The molecule has 6 rings (SSSR count). The van der Waals surface area contributed by atoms with Crippen LogP contribution < -0.4 is 9.47 Å². The molecule has 1 fully saturated rings. The molecule has 0 aliphatic heterocycles. The van der Waals surface area contributed by atoms with Gasteiger partial charge < -0.3 is 34.5 Å². The Bertz CT molecular complexity index is 1810. The molecule has 5 unspecified atom stereocenters. The van der Waals surface area contributed by atoms with Crippen LogP contribution in [0, 0.1) is 11.8 Å². The fourth-order valence-corrected chi connectivity index (χ4v) is 7.68. The highest BCUT2D eigenvalue weighted by atomic mass is 16.6. The van der Waals surface area contributed by atoms with Gasteiger partial charge in [-0.05, 0) is 83.7 Å². The van der Waals surface area contributed by atoms with Crippen LogP contribution in [0.25, 0.3) is 16.5 Å². The first-order valence-electron chi connectivity index (χ1n) is 16.6. The number of fused-ring (bicyclic) bond motifs is 3. The summed E-state index contributed by atoms with van der Waals surface area (Å²) < 4.78 is 16.3. The van der Waals surface area contributed by atoms with E-state index in [1.54, 1.807) is 18.2 Å². The van der Waals surface area contributed by atoms with E-state index in [9.17, 15) is 24.9 Å². The second-order valence-corrected chi connectivity index (χ2v) is 13.1. The molecule has 9 nitrogen and oxygen atoms in total. The van der Waals surface area contributed by atoms with Crippen molar-refractivity contribution in [1.82, 2.24) is 4.98 Å². The number of phenolic OH excluding ortho intramolecular Hbond substituents is 2. The number of esters is 1. The molecule has 48 heavy (non-hydrogen) atoms. The van der Waals surface area contributed by atoms with E-state index >= 15 is 0 Å². The lowest BCUT2D eigenvalue weighted by Gasteiger charge is -2.35. The number of hydrogen-bond donors (Lipinski definition) is 4. The zero-order valence-electron chi connectivity index (χ0n) is 27.6. The summed E-state index contributed by atoms with van der Waals surface area (Å²) in [6, 6.07) is 18.6. The number of nitrogens with one attached hydrogen (secondary N) is 1. The molecule has 2 aliphatic carbocycles. The van der Waals surface area contributed by atoms with Gasteiger partial charge in [0.25, 0.3) is 0 Å². The van der Waals surface area contributed by atoms with Gasteiger partial charge in [-0.2, -0.15) is 0 Å². The Morgan fingerprint density at radius 3 is 2.44 bits per heavy atom. The largest absolute Gasteiger partial charge is 0.504 e. The van der Waals surface area contributed by atoms with E-state index < -0.39 is 18.2 Å². The summed E-state index contributed by atoms with van der Waals surface area (Å²) in [6.45, 7) is 1.26. The SMILES string of the molecule is COc1cc(CC(O)C(CC(=O)CC2c3cc(OC)c(O)cc3C(c3cc4ccccc4[nH]3)=CC3CCCCC32)OC(C)=O)ccc1O. The number of H-pyrrole nitrogens is 1. The van der Waals surface area contributed by atoms with Crippen LogP contribution in [-0.4, -0.2) is 58.5 Å². The Kier molecular flexibility index (Phi) is 9.78. The van der Waals surface area contributed by atoms with Gasteiger partial charge in [-0.3, -0.25) is 9.59 Å². The topological polar surface area (TPSA) is 138 Å². The molecule has 3 aromatic carbocycles. The van der Waals surface area contributed by atoms with E-state index in [-0.39, 0.29) is 60.0 Å². The van der Waals surface area contributed by atoms with Crippen LogP contribution in [0.15, 0.2) is 66.7 Å². The standard InChI is InChI=1S/C39H43NO8/c1-22(41)48-39(35(44)14-23-12-13-34(43)37(15-23)46-2)19-26(42)18-28-27-10-6-4-8-24(27)16-31(29-20-36(45)38(47-3)21-30(28)29)33-17-25-9-5-7-11-32(25)40-33/h5,7,9,11-13,15-17,20-21,24,27-28,35,39-40,43-45H,4,6,8,10,14,18-19H2,1-3H3. The fourth-order valence-electron chi connectivity index (χ4n) is 7.68. The molecule has 0 spiro atoms. The number of benzene rings is 3. The first kappa shape index (κ1) is 33.2. The third-order valence-electron chi connectivity index (χ3n) is 9.95. The van der Waals surface area contributed by atoms with Crippen LogP contribution in [0.4, 0.5) is 0 Å². The second-order valence-electron chi connectivity index (χ2n) is 13.1. The first-order valence-corrected chi connectivity index (χ1v) is 16.6. The molecule has 1 saturated carbocycles. The Balaban J connectivity index is 1.33. The number of methoxy groups -OCH3 is 2. The van der Waals surface area contributed by atoms with E-state index in [2.05, 4.69) is 23.2 Å². The molecule has 252 valence electrons. The number of para-hydroxylation sites is 1. The summed E-state index contributed by atoms with van der Waals surface area (Å²) >= 11 is 0. The number of Topliss-reactive ketones (excluding diaryl/α,β-unsaturated/α-hetero) is 1. The Morgan fingerprint density at radius 1 is 0.938 bits per heavy atom. The molecule has 0 radical (unpaired) electrons. The van der Waals surface area contributed by atoms with Gasteiger partial charge in [0, 0.05) is 48.4 Å². The van der Waals surface area contributed by atoms with E-state index in [0.29, 0.717) is 11.3 Å². The van der Waals surface area contributed by atoms with Gasteiger partial charge in [-0.25, -0.2) is 0 Å². The fraction of sp³-hybridized carbons (Fsp3) is 0.385. The molecule has 0 bridgehead atoms. The van der Waals surface area contributed by atoms with Gasteiger partial charge in [0.2, 0.25) is 0 Å². The number of phenols is 2. The molecular formula is C39H43NO8. The maximum absolute atomic E-state index is 14.0. The van der Waals surface area contributed by atoms with Crippen LogP contribution in [0.3, 0.4) is 0 Å². The summed E-state index contributed by atoms with van der Waals surface area (Å²) in [5.41, 5.74) is 5.39. The summed E-state index contributed by atoms with van der Waals surface area (Å²) in [5, 5.41) is 33.3. The number of rotatable bonds is 11. The van der Waals surface area contributed by atoms with Crippen LogP contribution in [-0.2, 0) is 20.7 Å². The highest BCUT2D eigenvalue weighted by Crippen LogP contribution is 2.51. The summed E-state index contributed by atoms with van der Waals surface area (Å²) in [7, 11) is 2.96. The van der Waals surface area contributed by atoms with Crippen molar-refractivity contribution in [2.24, 2.45) is 11.8 Å². The number of aromatic nitrogens is 1. The zero-order valence-corrected chi connectivity index (χ0v) is 27.6. The monoisotopic (exact) mass is 653 g/mol. The van der Waals surface area contributed by atoms with Crippen molar-refractivity contribution in [1.29, 1.82) is 0 Å². The number of carbonyl (C=O) groups is 2. The lowest BCUT2D eigenvalue weighted by molar-refractivity contribution is -0.154. The van der Waals surface area contributed by atoms with Crippen molar-refractivity contribution in [3.8, 4) is 23.0 Å². The van der Waals surface area contributed by atoms with Gasteiger partial charge in [-0.1, -0.05) is 43.2 Å². The first-order chi connectivity index (χ1) is 23.1. The molecule has 1 heterocycles. The Labute approximate surface area is 280 Å². The van der Waals surface area contributed by atoms with Crippen molar-refractivity contribution >= 4 is 28.2 Å². The minimum absolute atomic E-state index is 0.0251. The number of hydrogen-bond acceptors (Lipinski definition) is 8. The number of aliphatic hydroxyl groups excluding tert-OH is 1. The Morgan fingerprint density at radius 2 is 1.69 bits per heavy atom. The van der Waals surface area contributed by atoms with Gasteiger partial charge in [0.1, 0.15) is 11.9 Å². The lowest BCUT2D eigenvalue weighted by atomic mass is 9.69. The number of allylic oxidation sites excluding steroid dienone is 1. The highest BCUT2D eigenvalue weighted by Gasteiger charge is 2.39. The van der Waals surface area contributed by atoms with Crippen LogP contribution in [0.1, 0.15) is 73.8 Å². The van der Waals surface area contributed by atoms with Crippen molar-refractivity contribution in [2.75, 3.05) is 14.2 Å². The average Bonchev–Trinajstić information content (AvgIpc) is 3.46. The molecule has 4 N–H and O–H groups in total. The van der Waals surface area contributed by atoms with Crippen molar-refractivity contribution < 1.29 is 39.1 Å². The average molecular weight is 654 g/mol. The van der Waals surface area contributed by atoms with Gasteiger partial charge >= 0.3 is 5.97 Å². The number of aliphatic hydroxyl groups is 1. The van der Waals surface area contributed by atoms with Gasteiger partial charge in [-0.15, -0.1) is 0 Å². The number of aromatic hydroxyl groups is 2. The highest BCUT2D eigenvalue weighted by molar-refractivity contribution is 5.90. The van der Waals surface area contributed by atoms with Gasteiger partial charge in [0.15, 0.2) is 23.0 Å². The smallest absolute Gasteiger partial charge is 0.303 e. The third-order valence-corrected chi connectivity index (χ3v) is 9.95. The predicted octanol–water partition coefficient (Wildman–Crippen LogP) is 6.82. The molecule has 9 heteroatoms. The van der Waals surface area contributed by atoms with E-state index in [1.807, 2.05) is 24.3 Å². The number of ether oxygens (including phenoxy) is 3. The lowest BCUT2D eigenvalue weighted by Crippen LogP contribution is -2.35. The zero-order chi connectivity index (χ0) is 33.9. The molecule has 0 saturated heterocycles. The maximum atomic E-state index is 14.0. The minimum atomic E-state index is -1.16. The second kappa shape index (κ2) is 14.2. The number of aromatic amines is 1. The molecule has 0 amide bonds. The van der Waals surface area contributed by atoms with Crippen LogP contribution in [0.2, 0.25) is 0 Å². The summed E-state index contributed by atoms with van der Waals surface area (Å²) in [5.74, 6) is 0.0553. The van der Waals surface area contributed by atoms with Gasteiger partial charge in [0.05, 0.1) is 20.3 Å². The van der Waals surface area contributed by atoms with Crippen molar-refractivity contribution in [3.63, 3.8) is 0 Å². The Hall–Kier alpha value is -4.76. The quantitative estimate of drug-likeness (QED) is 0.130. The molecule has 4 aromatic rings. The predicted molar refractivity (Wildman–Crippen MR) is 182 cm³/mol. The maximum Gasteiger partial charge on any atom is 0.303 e. The molecular weight excluding hydrogens is 610 g/mol. The third kappa shape index (κ3) is 6.92. The normalized spacial score (nSPS) is 20.1. The number of ketones is 1. The molecule has 5 atom stereocenters. The summed E-state index contributed by atoms with van der Waals surface area (Å²) in [6.07, 6.45) is 4.28. The minimum Gasteiger partial charge on any atom is -0.504 e. The molecule has 2 aliphatic rings.